The number of rotatable bonds is 7. The third kappa shape index (κ3) is 3.36. The molecule has 0 amide bonds. The van der Waals surface area contributed by atoms with Gasteiger partial charge in [-0.25, -0.2) is 4.98 Å². The van der Waals surface area contributed by atoms with E-state index in [1.807, 2.05) is 12.4 Å². The number of aromatic nitrogens is 2. The van der Waals surface area contributed by atoms with Crippen molar-refractivity contribution < 1.29 is 0 Å². The van der Waals surface area contributed by atoms with Crippen LogP contribution in [0.1, 0.15) is 36.5 Å². The number of aryl methyl sites for hydroxylation is 1. The fourth-order valence-electron chi connectivity index (χ4n) is 2.70. The molecule has 0 bridgehead atoms. The van der Waals surface area contributed by atoms with Crippen molar-refractivity contribution in [3.05, 3.63) is 40.6 Å². The van der Waals surface area contributed by atoms with E-state index in [-0.39, 0.29) is 6.04 Å². The Hall–Kier alpha value is -1.17. The van der Waals surface area contributed by atoms with E-state index >= 15 is 0 Å². The van der Waals surface area contributed by atoms with Gasteiger partial charge in [-0.2, -0.15) is 0 Å². The molecule has 114 valence electrons. The van der Waals surface area contributed by atoms with Gasteiger partial charge in [-0.1, -0.05) is 6.07 Å². The van der Waals surface area contributed by atoms with Crippen LogP contribution in [0.3, 0.4) is 0 Å². The van der Waals surface area contributed by atoms with E-state index in [9.17, 15) is 0 Å². The fraction of sp³-hybridized carbons (Fsp3) is 0.562. The number of hydrogen-bond donors (Lipinski definition) is 1. The molecule has 0 aromatic carbocycles. The molecule has 4 nitrogen and oxygen atoms in total. The van der Waals surface area contributed by atoms with Crippen molar-refractivity contribution in [1.82, 2.24) is 19.8 Å². The van der Waals surface area contributed by atoms with Crippen molar-refractivity contribution >= 4 is 11.3 Å². The van der Waals surface area contributed by atoms with Gasteiger partial charge in [0.15, 0.2) is 0 Å². The zero-order valence-corrected chi connectivity index (χ0v) is 13.8. The van der Waals surface area contributed by atoms with Gasteiger partial charge in [0.05, 0.1) is 0 Å². The van der Waals surface area contributed by atoms with Crippen molar-refractivity contribution in [3.63, 3.8) is 0 Å². The molecule has 2 aromatic rings. The average molecular weight is 304 g/mol. The summed E-state index contributed by atoms with van der Waals surface area (Å²) in [6, 6.07) is 5.82. The lowest BCUT2D eigenvalue weighted by Gasteiger charge is -2.27. The maximum atomic E-state index is 4.54. The minimum absolute atomic E-state index is 0.181. The van der Waals surface area contributed by atoms with Gasteiger partial charge in [0.25, 0.3) is 0 Å². The van der Waals surface area contributed by atoms with Gasteiger partial charge < -0.3 is 9.88 Å². The molecular weight excluding hydrogens is 280 g/mol. The van der Waals surface area contributed by atoms with Gasteiger partial charge in [0, 0.05) is 42.9 Å². The lowest BCUT2D eigenvalue weighted by atomic mass is 10.2. The number of nitrogens with zero attached hydrogens (tertiary/aromatic N) is 3. The third-order valence-corrected chi connectivity index (χ3v) is 5.32. The first-order valence-corrected chi connectivity index (χ1v) is 8.50. The van der Waals surface area contributed by atoms with Crippen LogP contribution in [0, 0.1) is 0 Å². The maximum Gasteiger partial charge on any atom is 0.131 e. The smallest absolute Gasteiger partial charge is 0.131 e. The average Bonchev–Trinajstić information content (AvgIpc) is 3.02. The molecule has 0 radical (unpaired) electrons. The Bertz CT molecular complexity index is 559. The molecular formula is C16H24N4S. The van der Waals surface area contributed by atoms with Crippen LogP contribution in [0.5, 0.6) is 0 Å². The highest BCUT2D eigenvalue weighted by atomic mass is 32.1. The van der Waals surface area contributed by atoms with Gasteiger partial charge in [0.1, 0.15) is 11.9 Å². The molecule has 3 rings (SSSR count). The first-order chi connectivity index (χ1) is 10.2. The normalized spacial score (nSPS) is 18.1. The molecule has 1 N–H and O–H groups in total. The molecule has 2 aromatic heterocycles. The van der Waals surface area contributed by atoms with E-state index in [1.54, 1.807) is 11.3 Å². The highest BCUT2D eigenvalue weighted by Crippen LogP contribution is 2.28. The molecule has 1 saturated carbocycles. The molecule has 2 unspecified atom stereocenters. The molecule has 2 heterocycles. The number of hydrogen-bond acceptors (Lipinski definition) is 4. The van der Waals surface area contributed by atoms with Crippen LogP contribution in [-0.2, 0) is 7.05 Å². The summed E-state index contributed by atoms with van der Waals surface area (Å²) in [5.74, 6) is 1.08. The highest BCUT2D eigenvalue weighted by Gasteiger charge is 2.29. The summed E-state index contributed by atoms with van der Waals surface area (Å²) in [5, 5.41) is 5.85. The monoisotopic (exact) mass is 304 g/mol. The zero-order chi connectivity index (χ0) is 14.8. The summed E-state index contributed by atoms with van der Waals surface area (Å²) in [4.78, 5) is 8.36. The van der Waals surface area contributed by atoms with Crippen LogP contribution in [-0.4, -0.2) is 40.1 Å². The Labute approximate surface area is 130 Å². The SMILES string of the molecule is CC(CNC(c1cccs1)c1nccn1C)N(C)C1CC1. The Morgan fingerprint density at radius 1 is 1.52 bits per heavy atom. The van der Waals surface area contributed by atoms with E-state index in [4.69, 9.17) is 0 Å². The van der Waals surface area contributed by atoms with Gasteiger partial charge in [-0.3, -0.25) is 4.90 Å². The molecule has 1 aliphatic carbocycles. The molecule has 5 heteroatoms. The van der Waals surface area contributed by atoms with Gasteiger partial charge in [-0.05, 0) is 38.3 Å². The van der Waals surface area contributed by atoms with Gasteiger partial charge >= 0.3 is 0 Å². The van der Waals surface area contributed by atoms with E-state index < -0.39 is 0 Å². The first kappa shape index (κ1) is 14.8. The molecule has 21 heavy (non-hydrogen) atoms. The van der Waals surface area contributed by atoms with E-state index in [0.717, 1.165) is 18.4 Å². The molecule has 2 atom stereocenters. The van der Waals surface area contributed by atoms with Gasteiger partial charge in [-0.15, -0.1) is 11.3 Å². The summed E-state index contributed by atoms with van der Waals surface area (Å²) < 4.78 is 2.10. The standard InChI is InChI=1S/C16H24N4S/c1-12(20(3)13-6-7-13)11-18-15(14-5-4-10-21-14)16-17-8-9-19(16)2/h4-5,8-10,12-13,15,18H,6-7,11H2,1-3H3. The largest absolute Gasteiger partial charge is 0.336 e. The van der Waals surface area contributed by atoms with Crippen molar-refractivity contribution in [1.29, 1.82) is 0 Å². The molecule has 0 spiro atoms. The lowest BCUT2D eigenvalue weighted by molar-refractivity contribution is 0.237. The third-order valence-electron chi connectivity index (χ3n) is 4.38. The predicted octanol–water partition coefficient (Wildman–Crippen LogP) is 2.64. The second kappa shape index (κ2) is 6.30. The van der Waals surface area contributed by atoms with E-state index in [1.165, 1.54) is 17.7 Å². The Morgan fingerprint density at radius 2 is 2.33 bits per heavy atom. The number of thiophene rings is 1. The predicted molar refractivity (Wildman–Crippen MR) is 87.6 cm³/mol. The van der Waals surface area contributed by atoms with Crippen molar-refractivity contribution in [2.75, 3.05) is 13.6 Å². The molecule has 1 fully saturated rings. The zero-order valence-electron chi connectivity index (χ0n) is 13.0. The minimum Gasteiger partial charge on any atom is -0.336 e. The Kier molecular flexibility index (Phi) is 4.42. The van der Waals surface area contributed by atoms with Crippen LogP contribution in [0.15, 0.2) is 29.9 Å². The quantitative estimate of drug-likeness (QED) is 0.853. The summed E-state index contributed by atoms with van der Waals surface area (Å²) >= 11 is 1.79. The number of likely N-dealkylation sites (N-methyl/N-ethyl adjacent to an activating group) is 1. The number of imidazole rings is 1. The van der Waals surface area contributed by atoms with Crippen molar-refractivity contribution in [2.45, 2.75) is 37.9 Å². The van der Waals surface area contributed by atoms with Gasteiger partial charge in [0.2, 0.25) is 0 Å². The summed E-state index contributed by atoms with van der Waals surface area (Å²) in [7, 11) is 4.30. The second-order valence-corrected chi connectivity index (χ2v) is 6.98. The van der Waals surface area contributed by atoms with Crippen molar-refractivity contribution in [3.8, 4) is 0 Å². The maximum absolute atomic E-state index is 4.54. The van der Waals surface area contributed by atoms with Crippen LogP contribution in [0.4, 0.5) is 0 Å². The summed E-state index contributed by atoms with van der Waals surface area (Å²) in [5.41, 5.74) is 0. The Morgan fingerprint density at radius 3 is 2.90 bits per heavy atom. The first-order valence-electron chi connectivity index (χ1n) is 7.62. The second-order valence-electron chi connectivity index (χ2n) is 6.00. The summed E-state index contributed by atoms with van der Waals surface area (Å²) in [6.07, 6.45) is 6.60. The van der Waals surface area contributed by atoms with E-state index in [0.29, 0.717) is 6.04 Å². The molecule has 0 aliphatic heterocycles. The van der Waals surface area contributed by atoms with Crippen LogP contribution in [0.25, 0.3) is 0 Å². The minimum atomic E-state index is 0.181. The van der Waals surface area contributed by atoms with Crippen LogP contribution < -0.4 is 5.32 Å². The van der Waals surface area contributed by atoms with Crippen LogP contribution in [0.2, 0.25) is 0 Å². The topological polar surface area (TPSA) is 33.1 Å². The van der Waals surface area contributed by atoms with Crippen molar-refractivity contribution in [2.24, 2.45) is 7.05 Å². The fourth-order valence-corrected chi connectivity index (χ4v) is 3.50. The lowest BCUT2D eigenvalue weighted by Crippen LogP contribution is -2.40. The molecule has 0 saturated heterocycles. The van der Waals surface area contributed by atoms with Crippen LogP contribution >= 0.6 is 11.3 Å². The number of nitrogens with one attached hydrogen (secondary N) is 1. The van der Waals surface area contributed by atoms with E-state index in [2.05, 4.69) is 58.3 Å². The molecule has 1 aliphatic rings. The summed E-state index contributed by atoms with van der Waals surface area (Å²) in [6.45, 7) is 3.28. The Balaban J connectivity index is 1.70. The highest BCUT2D eigenvalue weighted by molar-refractivity contribution is 7.10.